The zero-order valence-corrected chi connectivity index (χ0v) is 18.4. The molecule has 2 heterocycles. The minimum atomic E-state index is -0.575. The van der Waals surface area contributed by atoms with E-state index in [0.717, 1.165) is 25.7 Å². The van der Waals surface area contributed by atoms with Gasteiger partial charge in [0.25, 0.3) is 0 Å². The molecule has 2 saturated heterocycles. The van der Waals surface area contributed by atoms with Crippen LogP contribution in [0.25, 0.3) is 0 Å². The first-order chi connectivity index (χ1) is 14.9. The van der Waals surface area contributed by atoms with Gasteiger partial charge in [-0.15, -0.1) is 0 Å². The normalized spacial score (nSPS) is 38.5. The van der Waals surface area contributed by atoms with E-state index in [4.69, 9.17) is 18.9 Å². The molecule has 172 valence electrons. The lowest BCUT2D eigenvalue weighted by Crippen LogP contribution is -2.48. The highest BCUT2D eigenvalue weighted by atomic mass is 16.6. The lowest BCUT2D eigenvalue weighted by atomic mass is 9.78. The van der Waals surface area contributed by atoms with E-state index < -0.39 is 29.6 Å². The van der Waals surface area contributed by atoms with Crippen molar-refractivity contribution >= 4 is 17.9 Å². The van der Waals surface area contributed by atoms with Crippen molar-refractivity contribution < 1.29 is 33.3 Å². The van der Waals surface area contributed by atoms with Crippen molar-refractivity contribution in [1.29, 1.82) is 0 Å². The van der Waals surface area contributed by atoms with Gasteiger partial charge in [-0.2, -0.15) is 0 Å². The molecular formula is C23H33NO7. The molecule has 3 saturated carbocycles. The van der Waals surface area contributed by atoms with E-state index in [1.807, 2.05) is 4.90 Å². The van der Waals surface area contributed by atoms with Crippen LogP contribution in [0.5, 0.6) is 0 Å². The Balaban J connectivity index is 1.29. The first-order valence-corrected chi connectivity index (χ1v) is 11.8. The smallest absolute Gasteiger partial charge is 0.320 e. The minimum absolute atomic E-state index is 0.0604. The SMILES string of the molecule is CC(C)C1(OC(=O)C2C3CC4C(OC(=O)C42)C3OC(=O)CN2CCOCC2)CCCC1. The van der Waals surface area contributed by atoms with Crippen LogP contribution in [0.2, 0.25) is 0 Å². The first-order valence-electron chi connectivity index (χ1n) is 11.8. The van der Waals surface area contributed by atoms with E-state index in [2.05, 4.69) is 13.8 Å². The quantitative estimate of drug-likeness (QED) is 0.459. The van der Waals surface area contributed by atoms with Crippen molar-refractivity contribution in [1.82, 2.24) is 4.90 Å². The molecule has 2 bridgehead atoms. The molecule has 0 N–H and O–H groups in total. The largest absolute Gasteiger partial charge is 0.459 e. The van der Waals surface area contributed by atoms with Gasteiger partial charge < -0.3 is 18.9 Å². The van der Waals surface area contributed by atoms with Gasteiger partial charge in [-0.25, -0.2) is 0 Å². The summed E-state index contributed by atoms with van der Waals surface area (Å²) in [7, 11) is 0. The van der Waals surface area contributed by atoms with Crippen LogP contribution in [-0.2, 0) is 33.3 Å². The molecule has 6 atom stereocenters. The van der Waals surface area contributed by atoms with Crippen molar-refractivity contribution in [3.8, 4) is 0 Å². The fourth-order valence-corrected chi connectivity index (χ4v) is 6.64. The second kappa shape index (κ2) is 8.03. The molecule has 0 radical (unpaired) electrons. The molecule has 8 heteroatoms. The molecule has 0 aromatic heterocycles. The Bertz CT molecular complexity index is 740. The number of carbonyl (C=O) groups excluding carboxylic acids is 3. The summed E-state index contributed by atoms with van der Waals surface area (Å²) in [5.74, 6) is -2.05. The highest BCUT2D eigenvalue weighted by Gasteiger charge is 2.70. The first kappa shape index (κ1) is 21.2. The number of fused-ring (bicyclic) bond motifs is 1. The second-order valence-electron chi connectivity index (χ2n) is 10.2. The monoisotopic (exact) mass is 435 g/mol. The zero-order chi connectivity index (χ0) is 21.8. The van der Waals surface area contributed by atoms with E-state index in [1.54, 1.807) is 0 Å². The molecular weight excluding hydrogens is 402 g/mol. The predicted molar refractivity (Wildman–Crippen MR) is 108 cm³/mol. The molecule has 0 spiro atoms. The summed E-state index contributed by atoms with van der Waals surface area (Å²) in [6, 6.07) is 0. The van der Waals surface area contributed by atoms with Gasteiger partial charge in [0.05, 0.1) is 31.6 Å². The zero-order valence-electron chi connectivity index (χ0n) is 18.4. The van der Waals surface area contributed by atoms with Crippen molar-refractivity contribution in [2.24, 2.45) is 29.6 Å². The molecule has 2 aliphatic heterocycles. The van der Waals surface area contributed by atoms with Gasteiger partial charge in [-0.05, 0) is 38.0 Å². The van der Waals surface area contributed by atoms with Gasteiger partial charge in [-0.3, -0.25) is 19.3 Å². The molecule has 8 nitrogen and oxygen atoms in total. The summed E-state index contributed by atoms with van der Waals surface area (Å²) < 4.78 is 22.9. The molecule has 0 aromatic carbocycles. The summed E-state index contributed by atoms with van der Waals surface area (Å²) in [5.41, 5.74) is -0.441. The van der Waals surface area contributed by atoms with Crippen LogP contribution in [0, 0.1) is 29.6 Å². The standard InChI is InChI=1S/C23H33NO7/c1-13(2)23(5-3-4-6-23)31-22(27)18-15-11-14-17(18)21(26)30-20(14)19(15)29-16(25)12-24-7-9-28-10-8-24/h13-15,17-20H,3-12H2,1-2H3. The van der Waals surface area contributed by atoms with Crippen LogP contribution >= 0.6 is 0 Å². The third kappa shape index (κ3) is 3.55. The molecule has 5 fully saturated rings. The van der Waals surface area contributed by atoms with Crippen molar-refractivity contribution in [3.05, 3.63) is 0 Å². The number of hydrogen-bond acceptors (Lipinski definition) is 8. The number of esters is 3. The van der Waals surface area contributed by atoms with Crippen LogP contribution in [-0.4, -0.2) is 73.5 Å². The third-order valence-electron chi connectivity index (χ3n) is 8.35. The average molecular weight is 436 g/mol. The molecule has 31 heavy (non-hydrogen) atoms. The van der Waals surface area contributed by atoms with Crippen LogP contribution < -0.4 is 0 Å². The molecule has 6 unspecified atom stereocenters. The average Bonchev–Trinajstić information content (AvgIpc) is 3.47. The Morgan fingerprint density at radius 1 is 1.16 bits per heavy atom. The van der Waals surface area contributed by atoms with E-state index >= 15 is 0 Å². The maximum atomic E-state index is 13.4. The highest BCUT2D eigenvalue weighted by molar-refractivity contribution is 5.86. The Labute approximate surface area is 182 Å². The summed E-state index contributed by atoms with van der Waals surface area (Å²) in [6.45, 7) is 6.97. The lowest BCUT2D eigenvalue weighted by Gasteiger charge is -2.37. The van der Waals surface area contributed by atoms with E-state index in [1.165, 1.54) is 0 Å². The summed E-state index contributed by atoms with van der Waals surface area (Å²) in [5, 5.41) is 0. The molecule has 5 rings (SSSR count). The number of carbonyl (C=O) groups is 3. The number of hydrogen-bond donors (Lipinski definition) is 0. The number of ether oxygens (including phenoxy) is 4. The molecule has 0 amide bonds. The van der Waals surface area contributed by atoms with Gasteiger partial charge in [-0.1, -0.05) is 13.8 Å². The van der Waals surface area contributed by atoms with E-state index in [-0.39, 0.29) is 42.2 Å². The Morgan fingerprint density at radius 2 is 1.87 bits per heavy atom. The van der Waals surface area contributed by atoms with Gasteiger partial charge in [0.1, 0.15) is 17.8 Å². The Morgan fingerprint density at radius 3 is 2.55 bits per heavy atom. The third-order valence-corrected chi connectivity index (χ3v) is 8.35. The second-order valence-corrected chi connectivity index (χ2v) is 10.2. The van der Waals surface area contributed by atoms with Crippen LogP contribution in [0.1, 0.15) is 46.0 Å². The number of morpholine rings is 1. The molecule has 3 aliphatic carbocycles. The summed E-state index contributed by atoms with van der Waals surface area (Å²) in [6.07, 6.45) is 3.53. The summed E-state index contributed by atoms with van der Waals surface area (Å²) in [4.78, 5) is 40.6. The van der Waals surface area contributed by atoms with Crippen LogP contribution in [0.15, 0.2) is 0 Å². The van der Waals surface area contributed by atoms with Crippen molar-refractivity contribution in [2.45, 2.75) is 63.8 Å². The fraction of sp³-hybridized carbons (Fsp3) is 0.870. The highest BCUT2D eigenvalue weighted by Crippen LogP contribution is 2.59. The minimum Gasteiger partial charge on any atom is -0.459 e. The van der Waals surface area contributed by atoms with Gasteiger partial charge in [0, 0.05) is 24.9 Å². The number of nitrogens with zero attached hydrogens (tertiary/aromatic N) is 1. The van der Waals surface area contributed by atoms with Gasteiger partial charge in [0.2, 0.25) is 0 Å². The topological polar surface area (TPSA) is 91.4 Å². The van der Waals surface area contributed by atoms with Crippen LogP contribution in [0.4, 0.5) is 0 Å². The van der Waals surface area contributed by atoms with Gasteiger partial charge in [0.15, 0.2) is 0 Å². The lowest BCUT2D eigenvalue weighted by molar-refractivity contribution is -0.179. The molecule has 5 aliphatic rings. The Kier molecular flexibility index (Phi) is 5.49. The number of rotatable bonds is 6. The van der Waals surface area contributed by atoms with Crippen molar-refractivity contribution in [3.63, 3.8) is 0 Å². The maximum Gasteiger partial charge on any atom is 0.320 e. The molecule has 0 aromatic rings. The van der Waals surface area contributed by atoms with Crippen LogP contribution in [0.3, 0.4) is 0 Å². The van der Waals surface area contributed by atoms with Gasteiger partial charge >= 0.3 is 17.9 Å². The summed E-state index contributed by atoms with van der Waals surface area (Å²) >= 11 is 0. The predicted octanol–water partition coefficient (Wildman–Crippen LogP) is 1.55. The maximum absolute atomic E-state index is 13.4. The van der Waals surface area contributed by atoms with Crippen molar-refractivity contribution in [2.75, 3.05) is 32.8 Å². The fourth-order valence-electron chi connectivity index (χ4n) is 6.64. The van der Waals surface area contributed by atoms with E-state index in [9.17, 15) is 14.4 Å². The Hall–Kier alpha value is -1.67. The van der Waals surface area contributed by atoms with E-state index in [0.29, 0.717) is 32.7 Å².